The maximum absolute atomic E-state index is 11.4. The van der Waals surface area contributed by atoms with Gasteiger partial charge in [0.2, 0.25) is 0 Å². The Kier molecular flexibility index (Phi) is 3.68. The number of aromatic nitrogens is 3. The fraction of sp³-hybridized carbons (Fsp3) is 0.800. The molecule has 86 valence electrons. The molecule has 0 saturated carbocycles. The van der Waals surface area contributed by atoms with Crippen LogP contribution in [0.1, 0.15) is 27.2 Å². The Hall–Kier alpha value is -1.10. The standard InChI is InChI=1S/C10H20N4O/c1-10(2,3)11-6-5-7-14-9(15)13(4)8-12-14/h8,11H,5-7H2,1-4H3. The monoisotopic (exact) mass is 212 g/mol. The summed E-state index contributed by atoms with van der Waals surface area (Å²) in [5.41, 5.74) is 0.0838. The third-order valence-corrected chi connectivity index (χ3v) is 2.09. The van der Waals surface area contributed by atoms with E-state index in [4.69, 9.17) is 0 Å². The molecule has 15 heavy (non-hydrogen) atoms. The van der Waals surface area contributed by atoms with Crippen LogP contribution in [0.3, 0.4) is 0 Å². The van der Waals surface area contributed by atoms with Gasteiger partial charge >= 0.3 is 5.69 Å². The van der Waals surface area contributed by atoms with E-state index in [1.54, 1.807) is 13.4 Å². The number of aryl methyl sites for hydroxylation is 2. The van der Waals surface area contributed by atoms with E-state index in [-0.39, 0.29) is 11.2 Å². The second-order valence-electron chi connectivity index (χ2n) is 4.78. The molecule has 0 amide bonds. The maximum Gasteiger partial charge on any atom is 0.345 e. The van der Waals surface area contributed by atoms with E-state index in [2.05, 4.69) is 31.2 Å². The van der Waals surface area contributed by atoms with E-state index >= 15 is 0 Å². The minimum atomic E-state index is -0.0502. The van der Waals surface area contributed by atoms with Gasteiger partial charge in [-0.15, -0.1) is 0 Å². The molecular formula is C10H20N4O. The van der Waals surface area contributed by atoms with E-state index in [0.717, 1.165) is 13.0 Å². The number of nitrogens with one attached hydrogen (secondary N) is 1. The second kappa shape index (κ2) is 4.61. The zero-order valence-corrected chi connectivity index (χ0v) is 9.95. The van der Waals surface area contributed by atoms with Gasteiger partial charge in [-0.05, 0) is 33.7 Å². The molecule has 1 heterocycles. The first kappa shape index (κ1) is 12.0. The quantitative estimate of drug-likeness (QED) is 0.733. The molecule has 0 saturated heterocycles. The predicted molar refractivity (Wildman–Crippen MR) is 59.8 cm³/mol. The molecule has 0 aliphatic carbocycles. The third kappa shape index (κ3) is 3.87. The van der Waals surface area contributed by atoms with E-state index in [1.165, 1.54) is 9.25 Å². The summed E-state index contributed by atoms with van der Waals surface area (Å²) in [6.07, 6.45) is 2.45. The molecule has 0 bridgehead atoms. The van der Waals surface area contributed by atoms with Crippen LogP contribution >= 0.6 is 0 Å². The molecule has 0 spiro atoms. The van der Waals surface area contributed by atoms with Crippen molar-refractivity contribution in [3.05, 3.63) is 16.8 Å². The molecule has 0 unspecified atom stereocenters. The van der Waals surface area contributed by atoms with Gasteiger partial charge in [-0.1, -0.05) is 0 Å². The first-order valence-electron chi connectivity index (χ1n) is 5.23. The highest BCUT2D eigenvalue weighted by atomic mass is 16.2. The van der Waals surface area contributed by atoms with Crippen LogP contribution in [0.15, 0.2) is 11.1 Å². The van der Waals surface area contributed by atoms with Crippen molar-refractivity contribution < 1.29 is 0 Å². The topological polar surface area (TPSA) is 51.9 Å². The van der Waals surface area contributed by atoms with Crippen molar-refractivity contribution in [2.24, 2.45) is 7.05 Å². The van der Waals surface area contributed by atoms with Crippen molar-refractivity contribution in [3.8, 4) is 0 Å². The molecule has 1 rings (SSSR count). The van der Waals surface area contributed by atoms with Crippen molar-refractivity contribution in [2.45, 2.75) is 39.3 Å². The van der Waals surface area contributed by atoms with E-state index < -0.39 is 0 Å². The number of nitrogens with zero attached hydrogens (tertiary/aromatic N) is 3. The van der Waals surface area contributed by atoms with E-state index in [1.807, 2.05) is 0 Å². The minimum Gasteiger partial charge on any atom is -0.312 e. The van der Waals surface area contributed by atoms with Crippen LogP contribution in [0.2, 0.25) is 0 Å². The van der Waals surface area contributed by atoms with Crippen LogP contribution in [-0.4, -0.2) is 26.4 Å². The lowest BCUT2D eigenvalue weighted by atomic mass is 10.1. The van der Waals surface area contributed by atoms with Gasteiger partial charge in [-0.25, -0.2) is 9.48 Å². The normalized spacial score (nSPS) is 12.0. The fourth-order valence-corrected chi connectivity index (χ4v) is 1.27. The van der Waals surface area contributed by atoms with Gasteiger partial charge in [-0.3, -0.25) is 4.57 Å². The fourth-order valence-electron chi connectivity index (χ4n) is 1.27. The SMILES string of the molecule is Cn1cnn(CCCNC(C)(C)C)c1=O. The molecule has 1 aromatic rings. The summed E-state index contributed by atoms with van der Waals surface area (Å²) in [6.45, 7) is 7.94. The Morgan fingerprint density at radius 2 is 2.13 bits per heavy atom. The lowest BCUT2D eigenvalue weighted by Gasteiger charge is -2.20. The smallest absolute Gasteiger partial charge is 0.312 e. The van der Waals surface area contributed by atoms with Crippen LogP contribution in [-0.2, 0) is 13.6 Å². The lowest BCUT2D eigenvalue weighted by Crippen LogP contribution is -2.37. The average molecular weight is 212 g/mol. The Morgan fingerprint density at radius 1 is 1.47 bits per heavy atom. The van der Waals surface area contributed by atoms with Gasteiger partial charge in [0.05, 0.1) is 0 Å². The number of rotatable bonds is 4. The van der Waals surface area contributed by atoms with Gasteiger partial charge in [0, 0.05) is 19.1 Å². The van der Waals surface area contributed by atoms with Crippen molar-refractivity contribution in [1.82, 2.24) is 19.7 Å². The predicted octanol–water partition coefficient (Wildman–Crippen LogP) is 0.360. The average Bonchev–Trinajstić information content (AvgIpc) is 2.42. The molecule has 0 fully saturated rings. The summed E-state index contributed by atoms with van der Waals surface area (Å²) in [5, 5.41) is 7.36. The summed E-state index contributed by atoms with van der Waals surface area (Å²) < 4.78 is 2.97. The Labute approximate surface area is 90.1 Å². The molecule has 1 N–H and O–H groups in total. The zero-order valence-electron chi connectivity index (χ0n) is 9.95. The number of hydrogen-bond acceptors (Lipinski definition) is 3. The maximum atomic E-state index is 11.4. The Morgan fingerprint density at radius 3 is 2.60 bits per heavy atom. The molecule has 0 atom stereocenters. The lowest BCUT2D eigenvalue weighted by molar-refractivity contribution is 0.407. The summed E-state index contributed by atoms with van der Waals surface area (Å²) in [7, 11) is 1.71. The van der Waals surface area contributed by atoms with Crippen molar-refractivity contribution in [1.29, 1.82) is 0 Å². The highest BCUT2D eigenvalue weighted by Gasteiger charge is 2.07. The molecule has 0 radical (unpaired) electrons. The van der Waals surface area contributed by atoms with Gasteiger partial charge in [0.25, 0.3) is 0 Å². The van der Waals surface area contributed by atoms with Crippen LogP contribution in [0.25, 0.3) is 0 Å². The first-order valence-corrected chi connectivity index (χ1v) is 5.23. The summed E-state index contributed by atoms with van der Waals surface area (Å²) in [5.74, 6) is 0. The van der Waals surface area contributed by atoms with Gasteiger partial charge < -0.3 is 5.32 Å². The Balaban J connectivity index is 2.33. The van der Waals surface area contributed by atoms with Crippen molar-refractivity contribution in [2.75, 3.05) is 6.54 Å². The third-order valence-electron chi connectivity index (χ3n) is 2.09. The highest BCUT2D eigenvalue weighted by Crippen LogP contribution is 1.98. The molecule has 5 heteroatoms. The molecule has 0 aliphatic heterocycles. The molecule has 1 aromatic heterocycles. The highest BCUT2D eigenvalue weighted by molar-refractivity contribution is 4.70. The van der Waals surface area contributed by atoms with Crippen LogP contribution in [0, 0.1) is 0 Å². The van der Waals surface area contributed by atoms with Crippen LogP contribution in [0.5, 0.6) is 0 Å². The second-order valence-corrected chi connectivity index (χ2v) is 4.78. The summed E-state index contributed by atoms with van der Waals surface area (Å²) >= 11 is 0. The van der Waals surface area contributed by atoms with Crippen LogP contribution < -0.4 is 11.0 Å². The minimum absolute atomic E-state index is 0.0502. The van der Waals surface area contributed by atoms with Crippen molar-refractivity contribution in [3.63, 3.8) is 0 Å². The largest absolute Gasteiger partial charge is 0.345 e. The molecule has 0 aliphatic rings. The van der Waals surface area contributed by atoms with Gasteiger partial charge in [0.1, 0.15) is 6.33 Å². The van der Waals surface area contributed by atoms with Gasteiger partial charge in [-0.2, -0.15) is 5.10 Å². The van der Waals surface area contributed by atoms with E-state index in [0.29, 0.717) is 6.54 Å². The number of hydrogen-bond donors (Lipinski definition) is 1. The zero-order chi connectivity index (χ0) is 11.5. The van der Waals surface area contributed by atoms with Crippen molar-refractivity contribution >= 4 is 0 Å². The van der Waals surface area contributed by atoms with E-state index in [9.17, 15) is 4.79 Å². The summed E-state index contributed by atoms with van der Waals surface area (Å²) in [6, 6.07) is 0. The Bertz CT molecular complexity index is 358. The van der Waals surface area contributed by atoms with Gasteiger partial charge in [0.15, 0.2) is 0 Å². The summed E-state index contributed by atoms with van der Waals surface area (Å²) in [4.78, 5) is 11.4. The first-order chi connectivity index (χ1) is 6.90. The molecule has 5 nitrogen and oxygen atoms in total. The van der Waals surface area contributed by atoms with Crippen LogP contribution in [0.4, 0.5) is 0 Å². The molecule has 0 aromatic carbocycles. The molecular weight excluding hydrogens is 192 g/mol.